The Labute approximate surface area is 169 Å². The molecule has 0 aliphatic carbocycles. The van der Waals surface area contributed by atoms with Gasteiger partial charge in [-0.2, -0.15) is 17.0 Å². The lowest BCUT2D eigenvalue weighted by Crippen LogP contribution is -2.57. The number of nitrogens with zero attached hydrogens (tertiary/aromatic N) is 4. The first-order valence-electron chi connectivity index (χ1n) is 9.65. The van der Waals surface area contributed by atoms with Gasteiger partial charge in [-0.1, -0.05) is 0 Å². The fourth-order valence-corrected chi connectivity index (χ4v) is 5.83. The van der Waals surface area contributed by atoms with Crippen LogP contribution >= 0.6 is 0 Å². The zero-order chi connectivity index (χ0) is 20.8. The second-order valence-corrected chi connectivity index (χ2v) is 9.48. The molecule has 2 unspecified atom stereocenters. The first kappa shape index (κ1) is 20.4. The van der Waals surface area contributed by atoms with Gasteiger partial charge in [-0.3, -0.25) is 4.98 Å². The SMILES string of the molecule is CC1CN(S(=O)(=O)N2CCN(c3ccnc4c(F)ccc(F)c34)CC2)CC(C)O1. The third-order valence-electron chi connectivity index (χ3n) is 5.39. The number of aromatic nitrogens is 1. The zero-order valence-corrected chi connectivity index (χ0v) is 17.2. The summed E-state index contributed by atoms with van der Waals surface area (Å²) in [5.74, 6) is -1.13. The minimum atomic E-state index is -3.60. The summed E-state index contributed by atoms with van der Waals surface area (Å²) in [6.45, 7) is 5.66. The molecule has 158 valence electrons. The van der Waals surface area contributed by atoms with Crippen molar-refractivity contribution in [2.24, 2.45) is 0 Å². The molecule has 2 aliphatic rings. The van der Waals surface area contributed by atoms with Crippen LogP contribution in [-0.4, -0.2) is 73.5 Å². The van der Waals surface area contributed by atoms with Crippen molar-refractivity contribution in [2.75, 3.05) is 44.2 Å². The molecule has 0 amide bonds. The fraction of sp³-hybridized carbons (Fsp3) is 0.526. The predicted octanol–water partition coefficient (Wildman–Crippen LogP) is 1.99. The van der Waals surface area contributed by atoms with Crippen LogP contribution in [0.5, 0.6) is 0 Å². The fourth-order valence-electron chi connectivity index (χ4n) is 4.08. The van der Waals surface area contributed by atoms with E-state index >= 15 is 0 Å². The summed E-state index contributed by atoms with van der Waals surface area (Å²) in [7, 11) is -3.60. The maximum atomic E-state index is 14.4. The second-order valence-electron chi connectivity index (χ2n) is 7.55. The Kier molecular flexibility index (Phi) is 5.45. The lowest BCUT2D eigenvalue weighted by Gasteiger charge is -2.41. The van der Waals surface area contributed by atoms with Crippen molar-refractivity contribution in [3.05, 3.63) is 36.0 Å². The molecule has 0 radical (unpaired) electrons. The van der Waals surface area contributed by atoms with Crippen molar-refractivity contribution >= 4 is 26.8 Å². The van der Waals surface area contributed by atoms with Crippen molar-refractivity contribution in [3.8, 4) is 0 Å². The second kappa shape index (κ2) is 7.75. The number of piperazine rings is 1. The van der Waals surface area contributed by atoms with E-state index in [4.69, 9.17) is 4.74 Å². The average molecular weight is 426 g/mol. The van der Waals surface area contributed by atoms with E-state index in [1.165, 1.54) is 14.8 Å². The minimum Gasteiger partial charge on any atom is -0.373 e. The van der Waals surface area contributed by atoms with Crippen LogP contribution in [-0.2, 0) is 14.9 Å². The van der Waals surface area contributed by atoms with Gasteiger partial charge in [-0.25, -0.2) is 8.78 Å². The van der Waals surface area contributed by atoms with Crippen molar-refractivity contribution in [3.63, 3.8) is 0 Å². The van der Waals surface area contributed by atoms with Gasteiger partial charge in [0.15, 0.2) is 0 Å². The zero-order valence-electron chi connectivity index (χ0n) is 16.4. The van der Waals surface area contributed by atoms with E-state index in [9.17, 15) is 17.2 Å². The molecule has 0 bridgehead atoms. The molecule has 4 rings (SSSR count). The highest BCUT2D eigenvalue weighted by molar-refractivity contribution is 7.86. The molecule has 2 aliphatic heterocycles. The topological polar surface area (TPSA) is 66.0 Å². The van der Waals surface area contributed by atoms with Gasteiger partial charge in [0.1, 0.15) is 17.2 Å². The smallest absolute Gasteiger partial charge is 0.282 e. The van der Waals surface area contributed by atoms with Crippen LogP contribution in [0.3, 0.4) is 0 Å². The van der Waals surface area contributed by atoms with Gasteiger partial charge >= 0.3 is 0 Å². The number of rotatable bonds is 3. The molecule has 29 heavy (non-hydrogen) atoms. The quantitative estimate of drug-likeness (QED) is 0.751. The summed E-state index contributed by atoms with van der Waals surface area (Å²) in [4.78, 5) is 5.84. The number of hydrogen-bond donors (Lipinski definition) is 0. The monoisotopic (exact) mass is 426 g/mol. The Morgan fingerprint density at radius 3 is 2.24 bits per heavy atom. The van der Waals surface area contributed by atoms with Gasteiger partial charge in [0.25, 0.3) is 10.2 Å². The van der Waals surface area contributed by atoms with Crippen molar-refractivity contribution < 1.29 is 21.9 Å². The normalized spacial score (nSPS) is 24.9. The molecule has 2 fully saturated rings. The maximum absolute atomic E-state index is 14.4. The van der Waals surface area contributed by atoms with E-state index in [1.807, 2.05) is 18.7 Å². The van der Waals surface area contributed by atoms with E-state index in [0.29, 0.717) is 31.9 Å². The number of fused-ring (bicyclic) bond motifs is 1. The number of pyridine rings is 1. The van der Waals surface area contributed by atoms with Crippen LogP contribution < -0.4 is 4.90 Å². The van der Waals surface area contributed by atoms with Crippen LogP contribution in [0.25, 0.3) is 10.9 Å². The molecule has 3 heterocycles. The first-order chi connectivity index (χ1) is 13.8. The van der Waals surface area contributed by atoms with E-state index in [1.54, 1.807) is 6.07 Å². The van der Waals surface area contributed by atoms with Crippen LogP contribution in [0.2, 0.25) is 0 Å². The van der Waals surface area contributed by atoms with Gasteiger partial charge in [0.2, 0.25) is 0 Å². The number of morpholine rings is 1. The Bertz CT molecular complexity index is 1000. The van der Waals surface area contributed by atoms with Crippen molar-refractivity contribution in [1.82, 2.24) is 13.6 Å². The van der Waals surface area contributed by atoms with E-state index in [0.717, 1.165) is 12.1 Å². The molecule has 0 saturated carbocycles. The summed E-state index contributed by atoms with van der Waals surface area (Å²) in [5, 5.41) is 0.125. The third kappa shape index (κ3) is 3.81. The summed E-state index contributed by atoms with van der Waals surface area (Å²) in [5.41, 5.74) is 0.506. The average Bonchev–Trinajstić information content (AvgIpc) is 2.70. The maximum Gasteiger partial charge on any atom is 0.282 e. The van der Waals surface area contributed by atoms with E-state index in [-0.39, 0.29) is 36.2 Å². The largest absolute Gasteiger partial charge is 0.373 e. The molecule has 2 atom stereocenters. The van der Waals surface area contributed by atoms with E-state index in [2.05, 4.69) is 4.98 Å². The number of benzene rings is 1. The molecule has 2 saturated heterocycles. The Morgan fingerprint density at radius 1 is 0.966 bits per heavy atom. The molecule has 1 aromatic heterocycles. The molecule has 0 spiro atoms. The predicted molar refractivity (Wildman–Crippen MR) is 106 cm³/mol. The number of ether oxygens (including phenoxy) is 1. The molecule has 2 aromatic rings. The van der Waals surface area contributed by atoms with Crippen LogP contribution in [0.1, 0.15) is 13.8 Å². The summed E-state index contributed by atoms with van der Waals surface area (Å²) in [6.07, 6.45) is 1.13. The molecule has 0 N–H and O–H groups in total. The van der Waals surface area contributed by atoms with Crippen molar-refractivity contribution in [1.29, 1.82) is 0 Å². The third-order valence-corrected chi connectivity index (χ3v) is 7.36. The molecular formula is C19H24F2N4O3S. The van der Waals surface area contributed by atoms with Crippen LogP contribution in [0, 0.1) is 11.6 Å². The summed E-state index contributed by atoms with van der Waals surface area (Å²) >= 11 is 0. The van der Waals surface area contributed by atoms with Gasteiger partial charge in [0, 0.05) is 45.5 Å². The minimum absolute atomic E-state index is 0.0196. The summed E-state index contributed by atoms with van der Waals surface area (Å²) < 4.78 is 63.1. The van der Waals surface area contributed by atoms with E-state index < -0.39 is 21.8 Å². The lowest BCUT2D eigenvalue weighted by molar-refractivity contribution is -0.0455. The van der Waals surface area contributed by atoms with Gasteiger partial charge in [0.05, 0.1) is 23.3 Å². The Hall–Kier alpha value is -1.88. The van der Waals surface area contributed by atoms with Gasteiger partial charge in [-0.15, -0.1) is 0 Å². The molecule has 10 heteroatoms. The Morgan fingerprint density at radius 2 is 1.59 bits per heavy atom. The lowest BCUT2D eigenvalue weighted by atomic mass is 10.1. The van der Waals surface area contributed by atoms with Crippen LogP contribution in [0.4, 0.5) is 14.5 Å². The number of halogens is 2. The highest BCUT2D eigenvalue weighted by Gasteiger charge is 2.37. The summed E-state index contributed by atoms with van der Waals surface area (Å²) in [6, 6.07) is 3.79. The van der Waals surface area contributed by atoms with Crippen molar-refractivity contribution in [2.45, 2.75) is 26.1 Å². The van der Waals surface area contributed by atoms with Gasteiger partial charge < -0.3 is 9.64 Å². The highest BCUT2D eigenvalue weighted by Crippen LogP contribution is 2.30. The molecule has 1 aromatic carbocycles. The number of anilines is 1. The van der Waals surface area contributed by atoms with Gasteiger partial charge in [-0.05, 0) is 32.0 Å². The standard InChI is InChI=1S/C19H24F2N4O3S/c1-13-11-25(12-14(2)28-13)29(26,27)24-9-7-23(8-10-24)17-5-6-22-19-16(21)4-3-15(20)18(17)19/h3-6,13-14H,7-12H2,1-2H3. The highest BCUT2D eigenvalue weighted by atomic mass is 32.2. The molecular weight excluding hydrogens is 402 g/mol. The van der Waals surface area contributed by atoms with Crippen LogP contribution in [0.15, 0.2) is 24.4 Å². The first-order valence-corrected chi connectivity index (χ1v) is 11.1. The Balaban J connectivity index is 1.53. The molecule has 7 nitrogen and oxygen atoms in total. The number of hydrogen-bond acceptors (Lipinski definition) is 5.